The first kappa shape index (κ1) is 12.0. The zero-order valence-corrected chi connectivity index (χ0v) is 10.4. The highest BCUT2D eigenvalue weighted by Crippen LogP contribution is 2.38. The maximum Gasteiger partial charge on any atom is 0.225 e. The maximum atomic E-state index is 11.8. The first-order valence-electron chi connectivity index (χ1n) is 6.11. The Labute approximate surface area is 102 Å². The number of hydrogen-bond acceptors (Lipinski definition) is 2. The molecule has 92 valence electrons. The molecule has 0 bridgehead atoms. The van der Waals surface area contributed by atoms with Crippen molar-refractivity contribution in [2.24, 2.45) is 11.8 Å². The third-order valence-corrected chi connectivity index (χ3v) is 3.24. The lowest BCUT2D eigenvalue weighted by molar-refractivity contribution is -0.131. The van der Waals surface area contributed by atoms with Crippen molar-refractivity contribution in [3.8, 4) is 5.75 Å². The van der Waals surface area contributed by atoms with E-state index in [4.69, 9.17) is 4.74 Å². The lowest BCUT2D eigenvalue weighted by Crippen LogP contribution is -2.32. The van der Waals surface area contributed by atoms with E-state index in [1.807, 2.05) is 37.4 Å². The van der Waals surface area contributed by atoms with Gasteiger partial charge < -0.3 is 9.64 Å². The molecule has 2 rings (SSSR count). The highest BCUT2D eigenvalue weighted by molar-refractivity contribution is 5.81. The van der Waals surface area contributed by atoms with Gasteiger partial charge in [0.25, 0.3) is 0 Å². The summed E-state index contributed by atoms with van der Waals surface area (Å²) in [6.45, 7) is 3.32. The Morgan fingerprint density at radius 1 is 1.41 bits per heavy atom. The van der Waals surface area contributed by atoms with Crippen molar-refractivity contribution >= 4 is 5.91 Å². The summed E-state index contributed by atoms with van der Waals surface area (Å²) in [6, 6.07) is 9.68. The topological polar surface area (TPSA) is 29.5 Å². The summed E-state index contributed by atoms with van der Waals surface area (Å²) in [6.07, 6.45) is 1.04. The third kappa shape index (κ3) is 3.22. The molecule has 0 aromatic heterocycles. The normalized spacial score (nSPS) is 22.0. The average molecular weight is 233 g/mol. The van der Waals surface area contributed by atoms with Crippen LogP contribution in [0.15, 0.2) is 30.3 Å². The highest BCUT2D eigenvalue weighted by atomic mass is 16.5. The Bertz CT molecular complexity index is 377. The number of para-hydroxylation sites is 1. The number of likely N-dealkylation sites (N-methyl/N-ethyl adjacent to an activating group) is 1. The molecular formula is C14H19NO2. The van der Waals surface area contributed by atoms with Crippen LogP contribution in [0.5, 0.6) is 5.75 Å². The van der Waals surface area contributed by atoms with Crippen LogP contribution in [-0.4, -0.2) is 31.0 Å². The van der Waals surface area contributed by atoms with Crippen LogP contribution >= 0.6 is 0 Å². The minimum Gasteiger partial charge on any atom is -0.492 e. The van der Waals surface area contributed by atoms with Crippen molar-refractivity contribution in [2.45, 2.75) is 13.3 Å². The van der Waals surface area contributed by atoms with Crippen LogP contribution in [0.3, 0.4) is 0 Å². The third-order valence-electron chi connectivity index (χ3n) is 3.24. The number of benzene rings is 1. The first-order valence-corrected chi connectivity index (χ1v) is 6.11. The van der Waals surface area contributed by atoms with E-state index in [2.05, 4.69) is 6.92 Å². The molecule has 1 saturated carbocycles. The summed E-state index contributed by atoms with van der Waals surface area (Å²) in [5.41, 5.74) is 0. The summed E-state index contributed by atoms with van der Waals surface area (Å²) in [5, 5.41) is 0. The van der Waals surface area contributed by atoms with E-state index in [0.717, 1.165) is 12.2 Å². The van der Waals surface area contributed by atoms with Gasteiger partial charge in [-0.05, 0) is 24.5 Å². The van der Waals surface area contributed by atoms with Gasteiger partial charge in [-0.25, -0.2) is 0 Å². The van der Waals surface area contributed by atoms with Gasteiger partial charge in [0, 0.05) is 13.0 Å². The van der Waals surface area contributed by atoms with Gasteiger partial charge in [-0.3, -0.25) is 4.79 Å². The zero-order valence-electron chi connectivity index (χ0n) is 10.4. The molecule has 0 heterocycles. The second-order valence-corrected chi connectivity index (χ2v) is 4.74. The van der Waals surface area contributed by atoms with E-state index in [-0.39, 0.29) is 11.8 Å². The Hall–Kier alpha value is -1.51. The molecule has 0 unspecified atom stereocenters. The molecule has 1 aromatic rings. The van der Waals surface area contributed by atoms with Crippen molar-refractivity contribution in [2.75, 3.05) is 20.2 Å². The molecule has 17 heavy (non-hydrogen) atoms. The van der Waals surface area contributed by atoms with Gasteiger partial charge in [-0.1, -0.05) is 25.1 Å². The average Bonchev–Trinajstić information content (AvgIpc) is 3.06. The smallest absolute Gasteiger partial charge is 0.225 e. The fourth-order valence-corrected chi connectivity index (χ4v) is 1.88. The number of carbonyl (C=O) groups is 1. The fraction of sp³-hybridized carbons (Fsp3) is 0.500. The van der Waals surface area contributed by atoms with Crippen molar-refractivity contribution in [1.82, 2.24) is 4.90 Å². The molecule has 1 aliphatic carbocycles. The van der Waals surface area contributed by atoms with Crippen LogP contribution in [0.4, 0.5) is 0 Å². The number of nitrogens with zero attached hydrogens (tertiary/aromatic N) is 1. The first-order chi connectivity index (χ1) is 8.18. The molecule has 1 fully saturated rings. The monoisotopic (exact) mass is 233 g/mol. The largest absolute Gasteiger partial charge is 0.492 e. The van der Waals surface area contributed by atoms with Crippen molar-refractivity contribution in [3.05, 3.63) is 30.3 Å². The fourth-order valence-electron chi connectivity index (χ4n) is 1.88. The molecule has 0 aliphatic heterocycles. The molecule has 0 radical (unpaired) electrons. The summed E-state index contributed by atoms with van der Waals surface area (Å²) in [4.78, 5) is 13.6. The Kier molecular flexibility index (Phi) is 3.67. The summed E-state index contributed by atoms with van der Waals surface area (Å²) in [5.74, 6) is 1.94. The molecule has 0 spiro atoms. The lowest BCUT2D eigenvalue weighted by atomic mass is 10.3. The number of amides is 1. The molecule has 2 atom stereocenters. The van der Waals surface area contributed by atoms with Gasteiger partial charge in [0.1, 0.15) is 12.4 Å². The molecule has 0 N–H and O–H groups in total. The maximum absolute atomic E-state index is 11.8. The summed E-state index contributed by atoms with van der Waals surface area (Å²) < 4.78 is 5.56. The van der Waals surface area contributed by atoms with Crippen molar-refractivity contribution in [3.63, 3.8) is 0 Å². The number of ether oxygens (including phenoxy) is 1. The lowest BCUT2D eigenvalue weighted by Gasteiger charge is -2.17. The molecule has 1 amide bonds. The van der Waals surface area contributed by atoms with Crippen LogP contribution < -0.4 is 4.74 Å². The Morgan fingerprint density at radius 3 is 2.65 bits per heavy atom. The number of rotatable bonds is 5. The molecule has 1 aromatic carbocycles. The molecule has 3 heteroatoms. The van der Waals surface area contributed by atoms with Crippen LogP contribution in [0.2, 0.25) is 0 Å². The summed E-state index contributed by atoms with van der Waals surface area (Å²) in [7, 11) is 1.85. The van der Waals surface area contributed by atoms with Crippen LogP contribution in [0.1, 0.15) is 13.3 Å². The Morgan fingerprint density at radius 2 is 2.06 bits per heavy atom. The quantitative estimate of drug-likeness (QED) is 0.780. The van der Waals surface area contributed by atoms with Crippen molar-refractivity contribution < 1.29 is 9.53 Å². The minimum atomic E-state index is 0.258. The number of carbonyl (C=O) groups excluding carboxylic acids is 1. The predicted molar refractivity (Wildman–Crippen MR) is 66.8 cm³/mol. The van der Waals surface area contributed by atoms with E-state index in [1.54, 1.807) is 4.90 Å². The Balaban J connectivity index is 1.70. The van der Waals surface area contributed by atoms with Gasteiger partial charge in [-0.15, -0.1) is 0 Å². The van der Waals surface area contributed by atoms with E-state index >= 15 is 0 Å². The predicted octanol–water partition coefficient (Wildman–Crippen LogP) is 2.18. The van der Waals surface area contributed by atoms with Gasteiger partial charge >= 0.3 is 0 Å². The van der Waals surface area contributed by atoms with Crippen molar-refractivity contribution in [1.29, 1.82) is 0 Å². The van der Waals surface area contributed by atoms with E-state index in [1.165, 1.54) is 0 Å². The van der Waals surface area contributed by atoms with E-state index in [0.29, 0.717) is 19.1 Å². The van der Waals surface area contributed by atoms with Crippen LogP contribution in [-0.2, 0) is 4.79 Å². The van der Waals surface area contributed by atoms with Gasteiger partial charge in [0.15, 0.2) is 0 Å². The molecular weight excluding hydrogens is 214 g/mol. The minimum absolute atomic E-state index is 0.258. The van der Waals surface area contributed by atoms with E-state index in [9.17, 15) is 4.79 Å². The second kappa shape index (κ2) is 5.21. The summed E-state index contributed by atoms with van der Waals surface area (Å²) >= 11 is 0. The molecule has 0 saturated heterocycles. The van der Waals surface area contributed by atoms with Gasteiger partial charge in [0.05, 0.1) is 6.54 Å². The van der Waals surface area contributed by atoms with Crippen LogP contribution in [0, 0.1) is 11.8 Å². The number of hydrogen-bond donors (Lipinski definition) is 0. The van der Waals surface area contributed by atoms with Gasteiger partial charge in [0.2, 0.25) is 5.91 Å². The second-order valence-electron chi connectivity index (χ2n) is 4.74. The molecule has 3 nitrogen and oxygen atoms in total. The highest BCUT2D eigenvalue weighted by Gasteiger charge is 2.40. The SMILES string of the molecule is C[C@H]1C[C@@H]1C(=O)N(C)CCOc1ccccc1. The van der Waals surface area contributed by atoms with E-state index < -0.39 is 0 Å². The van der Waals surface area contributed by atoms with Crippen LogP contribution in [0.25, 0.3) is 0 Å². The standard InChI is InChI=1S/C14H19NO2/c1-11-10-13(11)14(16)15(2)8-9-17-12-6-4-3-5-7-12/h3-7,11,13H,8-10H2,1-2H3/t11-,13-/m0/s1. The molecule has 1 aliphatic rings. The zero-order chi connectivity index (χ0) is 12.3. The van der Waals surface area contributed by atoms with Gasteiger partial charge in [-0.2, -0.15) is 0 Å².